The van der Waals surface area contributed by atoms with Gasteiger partial charge in [-0.1, -0.05) is 72.8 Å². The topological polar surface area (TPSA) is 49.7 Å². The van der Waals surface area contributed by atoms with Gasteiger partial charge in [0, 0.05) is 0 Å². The second-order valence-electron chi connectivity index (χ2n) is 7.15. The van der Waals surface area contributed by atoms with Crippen molar-refractivity contribution in [1.29, 1.82) is 0 Å². The number of hydrogen-bond donors (Lipinski definition) is 0. The van der Waals surface area contributed by atoms with Crippen LogP contribution < -0.4 is 0 Å². The zero-order chi connectivity index (χ0) is 19.1. The predicted molar refractivity (Wildman–Crippen MR) is 107 cm³/mol. The summed E-state index contributed by atoms with van der Waals surface area (Å²) in [6, 6.07) is 27.3. The first-order valence-corrected chi connectivity index (χ1v) is 9.38. The van der Waals surface area contributed by atoms with E-state index in [1.54, 1.807) is 24.3 Å². The fraction of sp³-hybridized carbons (Fsp3) is 0.125. The molecule has 0 saturated heterocycles. The number of amides is 2. The molecule has 0 aromatic heterocycles. The van der Waals surface area contributed by atoms with E-state index in [0.717, 1.165) is 34.7 Å². The van der Waals surface area contributed by atoms with Gasteiger partial charge in [-0.3, -0.25) is 9.59 Å². The number of fused-ring (bicyclic) bond motifs is 1. The molecule has 1 heterocycles. The van der Waals surface area contributed by atoms with Gasteiger partial charge in [0.25, 0.3) is 11.8 Å². The van der Waals surface area contributed by atoms with Crippen molar-refractivity contribution < 1.29 is 9.59 Å². The van der Waals surface area contributed by atoms with Gasteiger partial charge in [0.15, 0.2) is 0 Å². The molecule has 1 fully saturated rings. The van der Waals surface area contributed by atoms with Crippen molar-refractivity contribution in [2.24, 2.45) is 5.10 Å². The second-order valence-corrected chi connectivity index (χ2v) is 7.15. The highest BCUT2D eigenvalue weighted by Gasteiger charge is 2.48. The van der Waals surface area contributed by atoms with Crippen LogP contribution in [-0.2, 0) is 5.41 Å². The summed E-state index contributed by atoms with van der Waals surface area (Å²) in [6.45, 7) is 0. The fourth-order valence-electron chi connectivity index (χ4n) is 4.24. The first-order chi connectivity index (χ1) is 13.7. The van der Waals surface area contributed by atoms with Crippen LogP contribution in [0.5, 0.6) is 0 Å². The Morgan fingerprint density at radius 3 is 1.57 bits per heavy atom. The van der Waals surface area contributed by atoms with Gasteiger partial charge in [0.1, 0.15) is 0 Å². The second kappa shape index (κ2) is 6.27. The lowest BCUT2D eigenvalue weighted by Gasteiger charge is -2.44. The lowest BCUT2D eigenvalue weighted by molar-refractivity contribution is 0.0656. The fourth-order valence-corrected chi connectivity index (χ4v) is 4.24. The smallest absolute Gasteiger partial charge is 0.267 e. The van der Waals surface area contributed by atoms with Crippen molar-refractivity contribution in [2.75, 3.05) is 0 Å². The van der Waals surface area contributed by atoms with Gasteiger partial charge >= 0.3 is 0 Å². The van der Waals surface area contributed by atoms with Gasteiger partial charge in [0.2, 0.25) is 0 Å². The van der Waals surface area contributed by atoms with Gasteiger partial charge in [-0.25, -0.2) is 0 Å². The molecule has 0 atom stereocenters. The van der Waals surface area contributed by atoms with Crippen molar-refractivity contribution in [3.8, 4) is 0 Å². The third kappa shape index (κ3) is 2.28. The summed E-state index contributed by atoms with van der Waals surface area (Å²) in [5.41, 5.74) is 3.53. The summed E-state index contributed by atoms with van der Waals surface area (Å²) in [5, 5.41) is 5.66. The van der Waals surface area contributed by atoms with Gasteiger partial charge in [-0.15, -0.1) is 0 Å². The molecule has 1 saturated carbocycles. The molecule has 2 aliphatic rings. The van der Waals surface area contributed by atoms with Crippen molar-refractivity contribution in [3.63, 3.8) is 0 Å². The first-order valence-electron chi connectivity index (χ1n) is 9.38. The van der Waals surface area contributed by atoms with E-state index in [-0.39, 0.29) is 11.8 Å². The standard InChI is InChI=1S/C24H18N2O2/c27-22-19-13-7-8-14-20(19)23(28)26(22)25-21-15-16-24(21,17-9-3-1-4-10-17)18-11-5-2-6-12-18/h1-14H,15-16H2/b25-21+. The molecule has 136 valence electrons. The summed E-state index contributed by atoms with van der Waals surface area (Å²) in [4.78, 5) is 25.5. The molecule has 0 bridgehead atoms. The number of carbonyl (C=O) groups is 2. The van der Waals surface area contributed by atoms with E-state index < -0.39 is 5.41 Å². The molecule has 0 radical (unpaired) electrons. The molecule has 0 spiro atoms. The maximum Gasteiger partial charge on any atom is 0.282 e. The predicted octanol–water partition coefficient (Wildman–Crippen LogP) is 4.42. The summed E-state index contributed by atoms with van der Waals surface area (Å²) in [7, 11) is 0. The maximum atomic E-state index is 12.8. The highest BCUT2D eigenvalue weighted by atomic mass is 16.2. The molecule has 2 amide bonds. The Kier molecular flexibility index (Phi) is 3.72. The van der Waals surface area contributed by atoms with Gasteiger partial charge in [-0.2, -0.15) is 10.1 Å². The number of hydrazone groups is 1. The quantitative estimate of drug-likeness (QED) is 0.644. The van der Waals surface area contributed by atoms with Gasteiger partial charge < -0.3 is 0 Å². The van der Waals surface area contributed by atoms with Crippen LogP contribution in [0, 0.1) is 0 Å². The Morgan fingerprint density at radius 2 is 1.14 bits per heavy atom. The summed E-state index contributed by atoms with van der Waals surface area (Å²) in [6.07, 6.45) is 1.64. The SMILES string of the molecule is O=C1c2ccccc2C(=O)N1/N=C1\CCC1(c1ccccc1)c1ccccc1. The third-order valence-electron chi connectivity index (χ3n) is 5.76. The van der Waals surface area contributed by atoms with E-state index in [4.69, 9.17) is 0 Å². The van der Waals surface area contributed by atoms with Crippen LogP contribution in [0.15, 0.2) is 90.0 Å². The first kappa shape index (κ1) is 16.6. The molecule has 4 heteroatoms. The highest BCUT2D eigenvalue weighted by molar-refractivity contribution is 6.22. The maximum absolute atomic E-state index is 12.8. The zero-order valence-corrected chi connectivity index (χ0v) is 15.2. The monoisotopic (exact) mass is 366 g/mol. The lowest BCUT2D eigenvalue weighted by Crippen LogP contribution is -2.47. The number of benzene rings is 3. The average molecular weight is 366 g/mol. The van der Waals surface area contributed by atoms with Crippen LogP contribution in [0.1, 0.15) is 44.7 Å². The Morgan fingerprint density at radius 1 is 0.679 bits per heavy atom. The molecule has 3 aromatic rings. The van der Waals surface area contributed by atoms with E-state index in [1.807, 2.05) is 36.4 Å². The van der Waals surface area contributed by atoms with Crippen LogP contribution >= 0.6 is 0 Å². The minimum Gasteiger partial charge on any atom is -0.267 e. The number of rotatable bonds is 3. The van der Waals surface area contributed by atoms with E-state index in [2.05, 4.69) is 29.4 Å². The average Bonchev–Trinajstić information content (AvgIpc) is 2.98. The minimum absolute atomic E-state index is 0.352. The Balaban J connectivity index is 1.62. The molecule has 3 aromatic carbocycles. The van der Waals surface area contributed by atoms with Crippen LogP contribution in [0.25, 0.3) is 0 Å². The zero-order valence-electron chi connectivity index (χ0n) is 15.2. The minimum atomic E-state index is -0.405. The Bertz CT molecular complexity index is 1030. The molecule has 1 aliphatic heterocycles. The van der Waals surface area contributed by atoms with Crippen LogP contribution in [0.2, 0.25) is 0 Å². The van der Waals surface area contributed by atoms with Crippen molar-refractivity contribution in [1.82, 2.24) is 5.01 Å². The van der Waals surface area contributed by atoms with Crippen LogP contribution in [-0.4, -0.2) is 22.5 Å². The molecule has 28 heavy (non-hydrogen) atoms. The lowest BCUT2D eigenvalue weighted by atomic mass is 9.59. The van der Waals surface area contributed by atoms with Gasteiger partial charge in [-0.05, 0) is 36.1 Å². The van der Waals surface area contributed by atoms with Crippen molar-refractivity contribution in [2.45, 2.75) is 18.3 Å². The molecule has 0 N–H and O–H groups in total. The van der Waals surface area contributed by atoms with E-state index in [9.17, 15) is 9.59 Å². The molecular weight excluding hydrogens is 348 g/mol. The Labute approximate surface area is 163 Å². The Hall–Kier alpha value is -3.53. The molecule has 0 unspecified atom stereocenters. The highest BCUT2D eigenvalue weighted by Crippen LogP contribution is 2.47. The van der Waals surface area contributed by atoms with Crippen LogP contribution in [0.3, 0.4) is 0 Å². The third-order valence-corrected chi connectivity index (χ3v) is 5.76. The van der Waals surface area contributed by atoms with E-state index in [0.29, 0.717) is 11.1 Å². The molecular formula is C24H18N2O2. The van der Waals surface area contributed by atoms with E-state index >= 15 is 0 Å². The number of carbonyl (C=O) groups excluding carboxylic acids is 2. The molecule has 4 nitrogen and oxygen atoms in total. The van der Waals surface area contributed by atoms with Crippen molar-refractivity contribution >= 4 is 17.5 Å². The molecule has 1 aliphatic carbocycles. The number of imide groups is 1. The number of hydrogen-bond acceptors (Lipinski definition) is 3. The van der Waals surface area contributed by atoms with E-state index in [1.165, 1.54) is 0 Å². The number of nitrogens with zero attached hydrogens (tertiary/aromatic N) is 2. The van der Waals surface area contributed by atoms with Crippen LogP contribution in [0.4, 0.5) is 0 Å². The normalized spacial score (nSPS) is 18.9. The summed E-state index contributed by atoms with van der Waals surface area (Å²) < 4.78 is 0. The largest absolute Gasteiger partial charge is 0.282 e. The summed E-state index contributed by atoms with van der Waals surface area (Å²) >= 11 is 0. The molecule has 5 rings (SSSR count). The van der Waals surface area contributed by atoms with Gasteiger partial charge in [0.05, 0.1) is 22.3 Å². The summed E-state index contributed by atoms with van der Waals surface area (Å²) in [5.74, 6) is -0.704. The van der Waals surface area contributed by atoms with Crippen molar-refractivity contribution in [3.05, 3.63) is 107 Å².